The summed E-state index contributed by atoms with van der Waals surface area (Å²) in [4.78, 5) is 13.6. The van der Waals surface area contributed by atoms with Gasteiger partial charge >= 0.3 is 0 Å². The molecule has 0 amide bonds. The van der Waals surface area contributed by atoms with Crippen LogP contribution in [0.3, 0.4) is 0 Å². The van der Waals surface area contributed by atoms with Gasteiger partial charge in [-0.2, -0.15) is 11.8 Å². The molecule has 0 atom stereocenters. The molecule has 4 heteroatoms. The summed E-state index contributed by atoms with van der Waals surface area (Å²) in [6, 6.07) is 5.69. The molecule has 1 aromatic carbocycles. The molecule has 0 aromatic heterocycles. The second-order valence-electron chi connectivity index (χ2n) is 4.67. The molecular weight excluding hydrogens is 258 g/mol. The van der Waals surface area contributed by atoms with E-state index in [0.29, 0.717) is 6.61 Å². The smallest absolute Gasteiger partial charge is 0.159 e. The van der Waals surface area contributed by atoms with Crippen molar-refractivity contribution in [3.05, 3.63) is 29.3 Å². The minimum absolute atomic E-state index is 0.0996. The largest absolute Gasteiger partial charge is 0.494 e. The predicted molar refractivity (Wildman–Crippen MR) is 82.3 cm³/mol. The number of ketones is 1. The van der Waals surface area contributed by atoms with Gasteiger partial charge in [-0.05, 0) is 46.1 Å². The SMILES string of the molecule is CCOc1ccc(C(C)=O)cc1CSCCN(C)C. The third-order valence-corrected chi connectivity index (χ3v) is 3.69. The van der Waals surface area contributed by atoms with Gasteiger partial charge in [0.1, 0.15) is 5.75 Å². The van der Waals surface area contributed by atoms with Crippen LogP contribution in [-0.2, 0) is 5.75 Å². The first-order valence-electron chi connectivity index (χ1n) is 6.53. The third kappa shape index (κ3) is 5.66. The van der Waals surface area contributed by atoms with Crippen molar-refractivity contribution >= 4 is 17.5 Å². The molecule has 106 valence electrons. The Balaban J connectivity index is 2.71. The van der Waals surface area contributed by atoms with Crippen LogP contribution in [0.25, 0.3) is 0 Å². The third-order valence-electron chi connectivity index (χ3n) is 2.71. The molecule has 3 nitrogen and oxygen atoms in total. The zero-order chi connectivity index (χ0) is 14.3. The van der Waals surface area contributed by atoms with Crippen molar-refractivity contribution in [2.45, 2.75) is 19.6 Å². The van der Waals surface area contributed by atoms with Crippen LogP contribution in [0.5, 0.6) is 5.75 Å². The second-order valence-corrected chi connectivity index (χ2v) is 5.77. The fourth-order valence-electron chi connectivity index (χ4n) is 1.64. The molecule has 1 aromatic rings. The summed E-state index contributed by atoms with van der Waals surface area (Å²) in [5, 5.41) is 0. The van der Waals surface area contributed by atoms with E-state index in [0.717, 1.165) is 34.9 Å². The Labute approximate surface area is 120 Å². The summed E-state index contributed by atoms with van der Waals surface area (Å²) in [5.74, 6) is 2.94. The molecule has 1 rings (SSSR count). The first-order chi connectivity index (χ1) is 9.04. The van der Waals surface area contributed by atoms with Crippen molar-refractivity contribution in [2.24, 2.45) is 0 Å². The van der Waals surface area contributed by atoms with Crippen LogP contribution in [0.1, 0.15) is 29.8 Å². The van der Waals surface area contributed by atoms with E-state index in [1.807, 2.05) is 36.9 Å². The number of hydrogen-bond acceptors (Lipinski definition) is 4. The van der Waals surface area contributed by atoms with Crippen LogP contribution in [-0.4, -0.2) is 43.7 Å². The van der Waals surface area contributed by atoms with E-state index in [4.69, 9.17) is 4.74 Å². The molecule has 0 fully saturated rings. The monoisotopic (exact) mass is 281 g/mol. The first-order valence-corrected chi connectivity index (χ1v) is 7.69. The number of hydrogen-bond donors (Lipinski definition) is 0. The lowest BCUT2D eigenvalue weighted by molar-refractivity contribution is 0.101. The van der Waals surface area contributed by atoms with E-state index in [1.54, 1.807) is 6.92 Å². The van der Waals surface area contributed by atoms with Gasteiger partial charge in [-0.25, -0.2) is 0 Å². The molecule has 0 aliphatic rings. The summed E-state index contributed by atoms with van der Waals surface area (Å²) in [6.45, 7) is 5.27. The predicted octanol–water partition coefficient (Wildman–Crippen LogP) is 3.08. The second kappa shape index (κ2) is 8.23. The van der Waals surface area contributed by atoms with E-state index in [-0.39, 0.29) is 5.78 Å². The lowest BCUT2D eigenvalue weighted by Gasteiger charge is -2.12. The van der Waals surface area contributed by atoms with Crippen molar-refractivity contribution in [3.8, 4) is 5.75 Å². The summed E-state index contributed by atoms with van der Waals surface area (Å²) in [7, 11) is 4.14. The number of Topliss-reactive ketones (excluding diaryl/α,β-unsaturated/α-hetero) is 1. The Kier molecular flexibility index (Phi) is 6.95. The quantitative estimate of drug-likeness (QED) is 0.541. The number of thioether (sulfide) groups is 1. The van der Waals surface area contributed by atoms with Crippen LogP contribution >= 0.6 is 11.8 Å². The van der Waals surface area contributed by atoms with E-state index >= 15 is 0 Å². The van der Waals surface area contributed by atoms with E-state index < -0.39 is 0 Å². The fourth-order valence-corrected chi connectivity index (χ4v) is 2.72. The van der Waals surface area contributed by atoms with Crippen molar-refractivity contribution in [1.29, 1.82) is 0 Å². The van der Waals surface area contributed by atoms with E-state index in [1.165, 1.54) is 0 Å². The minimum Gasteiger partial charge on any atom is -0.494 e. The zero-order valence-corrected chi connectivity index (χ0v) is 13.0. The molecule has 0 aliphatic carbocycles. The van der Waals surface area contributed by atoms with Crippen LogP contribution in [0.2, 0.25) is 0 Å². The van der Waals surface area contributed by atoms with Gasteiger partial charge in [0.05, 0.1) is 6.61 Å². The minimum atomic E-state index is 0.0996. The van der Waals surface area contributed by atoms with Crippen molar-refractivity contribution < 1.29 is 9.53 Å². The number of ether oxygens (including phenoxy) is 1. The van der Waals surface area contributed by atoms with Gasteiger partial charge in [0.25, 0.3) is 0 Å². The molecule has 0 aliphatic heterocycles. The number of rotatable bonds is 8. The van der Waals surface area contributed by atoms with Crippen LogP contribution in [0, 0.1) is 0 Å². The van der Waals surface area contributed by atoms with Gasteiger partial charge in [-0.15, -0.1) is 0 Å². The van der Waals surface area contributed by atoms with Crippen LogP contribution < -0.4 is 4.74 Å². The Morgan fingerprint density at radius 1 is 1.37 bits per heavy atom. The lowest BCUT2D eigenvalue weighted by Crippen LogP contribution is -2.14. The van der Waals surface area contributed by atoms with E-state index in [2.05, 4.69) is 19.0 Å². The fraction of sp³-hybridized carbons (Fsp3) is 0.533. The summed E-state index contributed by atoms with van der Waals surface area (Å²) >= 11 is 1.86. The van der Waals surface area contributed by atoms with Gasteiger partial charge in [0.2, 0.25) is 0 Å². The highest BCUT2D eigenvalue weighted by molar-refractivity contribution is 7.98. The van der Waals surface area contributed by atoms with Gasteiger partial charge in [0, 0.05) is 29.2 Å². The molecule has 0 heterocycles. The highest BCUT2D eigenvalue weighted by Crippen LogP contribution is 2.25. The molecule has 0 N–H and O–H groups in total. The average molecular weight is 281 g/mol. The number of carbonyl (C=O) groups excluding carboxylic acids is 1. The van der Waals surface area contributed by atoms with Crippen molar-refractivity contribution in [2.75, 3.05) is 33.0 Å². The Bertz CT molecular complexity index is 419. The van der Waals surface area contributed by atoms with Gasteiger partial charge < -0.3 is 9.64 Å². The zero-order valence-electron chi connectivity index (χ0n) is 12.2. The topological polar surface area (TPSA) is 29.5 Å². The Hall–Kier alpha value is -1.00. The Morgan fingerprint density at radius 2 is 2.11 bits per heavy atom. The highest BCUT2D eigenvalue weighted by atomic mass is 32.2. The Morgan fingerprint density at radius 3 is 2.68 bits per heavy atom. The summed E-state index contributed by atoms with van der Waals surface area (Å²) < 4.78 is 5.61. The highest BCUT2D eigenvalue weighted by Gasteiger charge is 2.08. The molecule has 0 bridgehead atoms. The van der Waals surface area contributed by atoms with Gasteiger partial charge in [0.15, 0.2) is 5.78 Å². The summed E-state index contributed by atoms with van der Waals surface area (Å²) in [5.41, 5.74) is 1.87. The standard InChI is InChI=1S/C15H23NO2S/c1-5-18-15-7-6-13(12(2)17)10-14(15)11-19-9-8-16(3)4/h6-7,10H,5,8-9,11H2,1-4H3. The molecule has 0 radical (unpaired) electrons. The molecule has 0 spiro atoms. The number of benzene rings is 1. The summed E-state index contributed by atoms with van der Waals surface area (Å²) in [6.07, 6.45) is 0. The molecule has 19 heavy (non-hydrogen) atoms. The first kappa shape index (κ1) is 16.1. The number of carbonyl (C=O) groups is 1. The average Bonchev–Trinajstić information content (AvgIpc) is 2.36. The normalized spacial score (nSPS) is 10.8. The van der Waals surface area contributed by atoms with E-state index in [9.17, 15) is 4.79 Å². The van der Waals surface area contributed by atoms with Gasteiger partial charge in [-0.3, -0.25) is 4.79 Å². The molecular formula is C15H23NO2S. The maximum absolute atomic E-state index is 11.4. The molecule has 0 saturated carbocycles. The van der Waals surface area contributed by atoms with Gasteiger partial charge in [-0.1, -0.05) is 0 Å². The lowest BCUT2D eigenvalue weighted by atomic mass is 10.1. The maximum Gasteiger partial charge on any atom is 0.159 e. The molecule has 0 unspecified atom stereocenters. The van der Waals surface area contributed by atoms with Crippen LogP contribution in [0.15, 0.2) is 18.2 Å². The maximum atomic E-state index is 11.4. The molecule has 0 saturated heterocycles. The number of nitrogens with zero attached hydrogens (tertiary/aromatic N) is 1. The van der Waals surface area contributed by atoms with Crippen molar-refractivity contribution in [3.63, 3.8) is 0 Å². The van der Waals surface area contributed by atoms with Crippen LogP contribution in [0.4, 0.5) is 0 Å². The van der Waals surface area contributed by atoms with Crippen molar-refractivity contribution in [1.82, 2.24) is 4.90 Å².